The molecule has 0 spiro atoms. The van der Waals surface area contributed by atoms with Crippen LogP contribution in [-0.2, 0) is 6.54 Å². The van der Waals surface area contributed by atoms with Crippen LogP contribution >= 0.6 is 0 Å². The van der Waals surface area contributed by atoms with Gasteiger partial charge in [0.2, 0.25) is 0 Å². The summed E-state index contributed by atoms with van der Waals surface area (Å²) >= 11 is 0. The molecule has 1 heterocycles. The number of carbonyl (C=O) groups excluding carboxylic acids is 1. The lowest BCUT2D eigenvalue weighted by Gasteiger charge is -2.05. The topological polar surface area (TPSA) is 82.7 Å². The van der Waals surface area contributed by atoms with Crippen molar-refractivity contribution in [3.63, 3.8) is 0 Å². The molecule has 2 amide bonds. The van der Waals surface area contributed by atoms with Crippen LogP contribution in [0.4, 0.5) is 10.5 Å². The van der Waals surface area contributed by atoms with Gasteiger partial charge in [-0.1, -0.05) is 18.2 Å². The van der Waals surface area contributed by atoms with Crippen molar-refractivity contribution < 1.29 is 4.79 Å². The zero-order valence-corrected chi connectivity index (χ0v) is 8.47. The van der Waals surface area contributed by atoms with E-state index in [2.05, 4.69) is 25.8 Å². The predicted octanol–water partition coefficient (Wildman–Crippen LogP) is 1.13. The van der Waals surface area contributed by atoms with E-state index in [1.54, 1.807) is 0 Å². The maximum atomic E-state index is 11.4. The van der Waals surface area contributed by atoms with Gasteiger partial charge >= 0.3 is 6.03 Å². The molecule has 0 unspecified atom stereocenters. The van der Waals surface area contributed by atoms with Crippen molar-refractivity contribution in [3.05, 3.63) is 42.5 Å². The zero-order chi connectivity index (χ0) is 11.2. The Hall–Kier alpha value is -2.37. The van der Waals surface area contributed by atoms with E-state index >= 15 is 0 Å². The maximum absolute atomic E-state index is 11.4. The summed E-state index contributed by atoms with van der Waals surface area (Å²) in [7, 11) is 0. The van der Waals surface area contributed by atoms with Gasteiger partial charge in [-0.05, 0) is 12.1 Å². The number of benzene rings is 1. The predicted molar refractivity (Wildman–Crippen MR) is 58.7 cm³/mol. The summed E-state index contributed by atoms with van der Waals surface area (Å²) in [6.45, 7) is 0.318. The third kappa shape index (κ3) is 2.81. The number of amides is 2. The van der Waals surface area contributed by atoms with E-state index in [9.17, 15) is 4.79 Å². The number of H-pyrrole nitrogens is 1. The molecule has 0 fully saturated rings. The molecule has 82 valence electrons. The Morgan fingerprint density at radius 3 is 2.81 bits per heavy atom. The lowest BCUT2D eigenvalue weighted by atomic mass is 10.3. The van der Waals surface area contributed by atoms with Crippen LogP contribution in [0.3, 0.4) is 0 Å². The number of rotatable bonds is 3. The van der Waals surface area contributed by atoms with Crippen molar-refractivity contribution in [3.8, 4) is 0 Å². The van der Waals surface area contributed by atoms with Gasteiger partial charge in [-0.3, -0.25) is 5.10 Å². The molecule has 0 saturated heterocycles. The lowest BCUT2D eigenvalue weighted by Crippen LogP contribution is -2.28. The van der Waals surface area contributed by atoms with E-state index in [-0.39, 0.29) is 6.03 Å². The highest BCUT2D eigenvalue weighted by Gasteiger charge is 2.01. The fraction of sp³-hybridized carbons (Fsp3) is 0.100. The molecule has 0 atom stereocenters. The van der Waals surface area contributed by atoms with Crippen LogP contribution in [-0.4, -0.2) is 21.2 Å². The first-order valence-corrected chi connectivity index (χ1v) is 4.79. The fourth-order valence-electron chi connectivity index (χ4n) is 1.18. The average Bonchev–Trinajstić information content (AvgIpc) is 2.81. The second kappa shape index (κ2) is 4.92. The number of nitrogens with zero attached hydrogens (tertiary/aromatic N) is 2. The zero-order valence-electron chi connectivity index (χ0n) is 8.47. The lowest BCUT2D eigenvalue weighted by molar-refractivity contribution is 0.251. The molecule has 0 saturated carbocycles. The highest BCUT2D eigenvalue weighted by molar-refractivity contribution is 5.89. The Balaban J connectivity index is 1.81. The van der Waals surface area contributed by atoms with E-state index in [0.29, 0.717) is 12.4 Å². The molecule has 6 nitrogen and oxygen atoms in total. The fourth-order valence-corrected chi connectivity index (χ4v) is 1.18. The number of carbonyl (C=O) groups is 1. The van der Waals surface area contributed by atoms with Crippen molar-refractivity contribution in [2.45, 2.75) is 6.54 Å². The van der Waals surface area contributed by atoms with Gasteiger partial charge in [0.25, 0.3) is 0 Å². The molecular formula is C10H11N5O. The van der Waals surface area contributed by atoms with Crippen molar-refractivity contribution in [2.75, 3.05) is 5.32 Å². The Labute approximate surface area is 92.1 Å². The minimum Gasteiger partial charge on any atom is -0.331 e. The summed E-state index contributed by atoms with van der Waals surface area (Å²) in [6.07, 6.45) is 1.39. The number of aromatic nitrogens is 3. The first kappa shape index (κ1) is 10.2. The molecule has 0 aliphatic carbocycles. The van der Waals surface area contributed by atoms with Gasteiger partial charge in [0, 0.05) is 5.69 Å². The molecule has 0 aliphatic heterocycles. The molecule has 6 heteroatoms. The quantitative estimate of drug-likeness (QED) is 0.720. The summed E-state index contributed by atoms with van der Waals surface area (Å²) < 4.78 is 0. The van der Waals surface area contributed by atoms with Crippen molar-refractivity contribution >= 4 is 11.7 Å². The Morgan fingerprint density at radius 1 is 1.31 bits per heavy atom. The highest BCUT2D eigenvalue weighted by Crippen LogP contribution is 2.04. The van der Waals surface area contributed by atoms with Crippen LogP contribution in [0, 0.1) is 0 Å². The van der Waals surface area contributed by atoms with E-state index in [1.165, 1.54) is 6.33 Å². The molecular weight excluding hydrogens is 206 g/mol. The standard InChI is InChI=1S/C10H11N5O/c16-10(11-6-9-12-7-13-15-9)14-8-4-2-1-3-5-8/h1-5,7H,6H2,(H2,11,14,16)(H,12,13,15). The Kier molecular flexibility index (Phi) is 3.12. The molecule has 2 rings (SSSR count). The van der Waals surface area contributed by atoms with Crippen LogP contribution in [0.15, 0.2) is 36.7 Å². The van der Waals surface area contributed by atoms with E-state index in [1.807, 2.05) is 30.3 Å². The van der Waals surface area contributed by atoms with Crippen molar-refractivity contribution in [1.82, 2.24) is 20.5 Å². The summed E-state index contributed by atoms with van der Waals surface area (Å²) in [5.74, 6) is 0.614. The van der Waals surface area contributed by atoms with Crippen molar-refractivity contribution in [1.29, 1.82) is 0 Å². The monoisotopic (exact) mass is 217 g/mol. The van der Waals surface area contributed by atoms with E-state index < -0.39 is 0 Å². The van der Waals surface area contributed by atoms with Crippen LogP contribution < -0.4 is 10.6 Å². The van der Waals surface area contributed by atoms with Gasteiger partial charge in [-0.2, -0.15) is 5.10 Å². The van der Waals surface area contributed by atoms with Gasteiger partial charge < -0.3 is 10.6 Å². The Bertz CT molecular complexity index is 439. The van der Waals surface area contributed by atoms with Gasteiger partial charge in [0.05, 0.1) is 6.54 Å². The minimum atomic E-state index is -0.275. The van der Waals surface area contributed by atoms with Crippen molar-refractivity contribution in [2.24, 2.45) is 0 Å². The Morgan fingerprint density at radius 2 is 2.12 bits per heavy atom. The van der Waals surface area contributed by atoms with Crippen LogP contribution in [0.1, 0.15) is 5.82 Å². The summed E-state index contributed by atoms with van der Waals surface area (Å²) in [4.78, 5) is 15.3. The highest BCUT2D eigenvalue weighted by atomic mass is 16.2. The third-order valence-corrected chi connectivity index (χ3v) is 1.91. The van der Waals surface area contributed by atoms with Gasteiger partial charge in [0.15, 0.2) is 0 Å². The second-order valence-corrected chi connectivity index (χ2v) is 3.11. The number of aromatic amines is 1. The van der Waals surface area contributed by atoms with Gasteiger partial charge in [0.1, 0.15) is 12.2 Å². The van der Waals surface area contributed by atoms with E-state index in [4.69, 9.17) is 0 Å². The number of urea groups is 1. The number of hydrogen-bond donors (Lipinski definition) is 3. The normalized spacial score (nSPS) is 9.75. The molecule has 16 heavy (non-hydrogen) atoms. The van der Waals surface area contributed by atoms with Crippen LogP contribution in [0.5, 0.6) is 0 Å². The number of hydrogen-bond acceptors (Lipinski definition) is 3. The number of nitrogens with one attached hydrogen (secondary N) is 3. The number of anilines is 1. The second-order valence-electron chi connectivity index (χ2n) is 3.11. The van der Waals surface area contributed by atoms with Gasteiger partial charge in [-0.25, -0.2) is 9.78 Å². The molecule has 0 bridgehead atoms. The van der Waals surface area contributed by atoms with Gasteiger partial charge in [-0.15, -0.1) is 0 Å². The third-order valence-electron chi connectivity index (χ3n) is 1.91. The first-order chi connectivity index (χ1) is 7.84. The summed E-state index contributed by atoms with van der Waals surface area (Å²) in [6, 6.07) is 8.94. The van der Waals surface area contributed by atoms with Crippen LogP contribution in [0.2, 0.25) is 0 Å². The summed E-state index contributed by atoms with van der Waals surface area (Å²) in [5.41, 5.74) is 0.748. The molecule has 0 radical (unpaired) electrons. The average molecular weight is 217 g/mol. The van der Waals surface area contributed by atoms with E-state index in [0.717, 1.165) is 5.69 Å². The molecule has 1 aromatic heterocycles. The molecule has 0 aliphatic rings. The maximum Gasteiger partial charge on any atom is 0.319 e. The molecule has 3 N–H and O–H groups in total. The number of para-hydroxylation sites is 1. The largest absolute Gasteiger partial charge is 0.331 e. The summed E-state index contributed by atoms with van der Waals surface area (Å²) in [5, 5.41) is 11.7. The SMILES string of the molecule is O=C(NCc1ncn[nH]1)Nc1ccccc1. The molecule has 2 aromatic rings. The smallest absolute Gasteiger partial charge is 0.319 e. The minimum absolute atomic E-state index is 0.275. The first-order valence-electron chi connectivity index (χ1n) is 4.79. The molecule has 1 aromatic carbocycles. The van der Waals surface area contributed by atoms with Crippen LogP contribution in [0.25, 0.3) is 0 Å².